The third kappa shape index (κ3) is 5.59. The molecule has 0 saturated heterocycles. The van der Waals surface area contributed by atoms with E-state index in [1.165, 1.54) is 0 Å². The van der Waals surface area contributed by atoms with E-state index in [-0.39, 0.29) is 29.5 Å². The molecule has 0 aliphatic heterocycles. The number of benzene rings is 2. The second-order valence-electron chi connectivity index (χ2n) is 11.5. The molecule has 3 aromatic rings. The topological polar surface area (TPSA) is 58.2 Å². The quantitative estimate of drug-likeness (QED) is 0.323. The van der Waals surface area contributed by atoms with Crippen LogP contribution in [0.3, 0.4) is 0 Å². The zero-order chi connectivity index (χ0) is 26.0. The zero-order valence-corrected chi connectivity index (χ0v) is 22.4. The third-order valence-corrected chi connectivity index (χ3v) is 8.54. The summed E-state index contributed by atoms with van der Waals surface area (Å²) in [5.41, 5.74) is 3.75. The van der Waals surface area contributed by atoms with Crippen LogP contribution in [0.5, 0.6) is 0 Å². The molecule has 1 heterocycles. The Morgan fingerprint density at radius 1 is 1.22 bits per heavy atom. The minimum atomic E-state index is -0.557. The highest BCUT2D eigenvalue weighted by Gasteiger charge is 2.48. The first-order chi connectivity index (χ1) is 17.8. The van der Waals surface area contributed by atoms with Crippen molar-refractivity contribution in [1.82, 2.24) is 14.9 Å². The van der Waals surface area contributed by atoms with Crippen molar-refractivity contribution in [2.45, 2.75) is 76.7 Å². The summed E-state index contributed by atoms with van der Waals surface area (Å²) in [5, 5.41) is 0. The second-order valence-corrected chi connectivity index (χ2v) is 11.5. The highest BCUT2D eigenvalue weighted by atomic mass is 19.1. The van der Waals surface area contributed by atoms with Crippen molar-refractivity contribution in [3.8, 4) is 0 Å². The van der Waals surface area contributed by atoms with E-state index >= 15 is 0 Å². The van der Waals surface area contributed by atoms with E-state index in [1.54, 1.807) is 12.1 Å². The van der Waals surface area contributed by atoms with Gasteiger partial charge in [-0.1, -0.05) is 38.5 Å². The number of aromatic amines is 1. The van der Waals surface area contributed by atoms with Gasteiger partial charge in [-0.05, 0) is 87.0 Å². The monoisotopic (exact) mass is 505 g/mol. The number of carbonyl (C=O) groups excluding carboxylic acids is 1. The van der Waals surface area contributed by atoms with E-state index < -0.39 is 5.60 Å². The number of esters is 1. The number of hydrogen-bond acceptors (Lipinski definition) is 4. The number of imidazole rings is 1. The Hall–Kier alpha value is -2.73. The number of fused-ring (bicyclic) bond motifs is 2. The molecule has 2 aliphatic carbocycles. The van der Waals surface area contributed by atoms with Gasteiger partial charge in [-0.25, -0.2) is 9.37 Å². The minimum Gasteiger partial charge on any atom is -0.458 e. The number of rotatable bonds is 10. The summed E-state index contributed by atoms with van der Waals surface area (Å²) in [6.45, 7) is 6.19. The fourth-order valence-corrected chi connectivity index (χ4v) is 6.35. The highest BCUT2D eigenvalue weighted by molar-refractivity contribution is 5.75. The number of hydrogen-bond donors (Lipinski definition) is 1. The summed E-state index contributed by atoms with van der Waals surface area (Å²) in [7, 11) is 2.15. The summed E-state index contributed by atoms with van der Waals surface area (Å²) in [6, 6.07) is 13.3. The Morgan fingerprint density at radius 3 is 2.76 bits per heavy atom. The van der Waals surface area contributed by atoms with Crippen LogP contribution in [-0.2, 0) is 22.4 Å². The van der Waals surface area contributed by atoms with Crippen molar-refractivity contribution < 1.29 is 13.9 Å². The smallest absolute Gasteiger partial charge is 0.309 e. The van der Waals surface area contributed by atoms with Gasteiger partial charge in [0.1, 0.15) is 17.2 Å². The van der Waals surface area contributed by atoms with Crippen LogP contribution in [0.1, 0.15) is 75.2 Å². The van der Waals surface area contributed by atoms with E-state index in [0.717, 1.165) is 92.4 Å². The van der Waals surface area contributed by atoms with Crippen molar-refractivity contribution in [3.63, 3.8) is 0 Å². The van der Waals surface area contributed by atoms with Gasteiger partial charge in [-0.15, -0.1) is 0 Å². The first-order valence-corrected chi connectivity index (χ1v) is 14.0. The molecule has 0 amide bonds. The summed E-state index contributed by atoms with van der Waals surface area (Å²) in [6.07, 6.45) is 7.15. The van der Waals surface area contributed by atoms with E-state index in [9.17, 15) is 9.18 Å². The Kier molecular flexibility index (Phi) is 7.66. The Bertz CT molecular complexity index is 1200. The third-order valence-electron chi connectivity index (χ3n) is 8.54. The SMILES string of the molecule is CC(C)[C@H]1c2ccc(F)cc2CC[C@@]1(CCN(C)CCCc1nc2ccccc2[nH]1)OC(=O)C1CCC1. The lowest BCUT2D eigenvalue weighted by molar-refractivity contribution is -0.175. The standard InChI is InChI=1S/C31H40FN3O2/c1-21(2)29-25-14-13-24(32)20-23(25)15-16-31(29,37-30(36)22-8-6-9-22)17-19-35(3)18-7-12-28-33-26-10-4-5-11-27(26)34-28/h4-5,10-11,13-14,20-22,29H,6-9,12,15-19H2,1-3H3,(H,33,34)/t29-,31-/m0/s1. The molecule has 0 bridgehead atoms. The maximum Gasteiger partial charge on any atom is 0.309 e. The van der Waals surface area contributed by atoms with Crippen molar-refractivity contribution >= 4 is 17.0 Å². The fraction of sp³-hybridized carbons (Fsp3) is 0.548. The van der Waals surface area contributed by atoms with Gasteiger partial charge in [0.2, 0.25) is 0 Å². The summed E-state index contributed by atoms with van der Waals surface area (Å²) >= 11 is 0. The van der Waals surface area contributed by atoms with Gasteiger partial charge in [-0.3, -0.25) is 4.79 Å². The maximum absolute atomic E-state index is 14.0. The summed E-state index contributed by atoms with van der Waals surface area (Å²) in [4.78, 5) is 23.6. The molecule has 5 nitrogen and oxygen atoms in total. The molecule has 0 unspecified atom stereocenters. The van der Waals surface area contributed by atoms with Crippen LogP contribution in [0.4, 0.5) is 4.39 Å². The lowest BCUT2D eigenvalue weighted by atomic mass is 9.65. The number of para-hydroxylation sites is 2. The van der Waals surface area contributed by atoms with E-state index in [4.69, 9.17) is 9.72 Å². The molecular weight excluding hydrogens is 465 g/mol. The first-order valence-electron chi connectivity index (χ1n) is 14.0. The molecule has 1 saturated carbocycles. The lowest BCUT2D eigenvalue weighted by Crippen LogP contribution is -2.49. The molecule has 5 rings (SSSR count). The number of nitrogens with one attached hydrogen (secondary N) is 1. The summed E-state index contributed by atoms with van der Waals surface area (Å²) < 4.78 is 20.6. The average Bonchev–Trinajstić information content (AvgIpc) is 3.24. The summed E-state index contributed by atoms with van der Waals surface area (Å²) in [5.74, 6) is 1.18. The predicted octanol–water partition coefficient (Wildman–Crippen LogP) is 6.42. The first kappa shape index (κ1) is 25.9. The van der Waals surface area contributed by atoms with Crippen LogP contribution >= 0.6 is 0 Å². The molecule has 6 heteroatoms. The average molecular weight is 506 g/mol. The van der Waals surface area contributed by atoms with E-state index in [0.29, 0.717) is 0 Å². The van der Waals surface area contributed by atoms with Crippen molar-refractivity contribution in [2.24, 2.45) is 11.8 Å². The molecule has 37 heavy (non-hydrogen) atoms. The molecule has 2 atom stereocenters. The molecule has 1 aromatic heterocycles. The van der Waals surface area contributed by atoms with Gasteiger partial charge in [0, 0.05) is 25.3 Å². The van der Waals surface area contributed by atoms with Crippen molar-refractivity contribution in [3.05, 3.63) is 65.2 Å². The molecule has 198 valence electrons. The number of aromatic nitrogens is 2. The second kappa shape index (κ2) is 10.9. The van der Waals surface area contributed by atoms with E-state index in [2.05, 4.69) is 36.8 Å². The van der Waals surface area contributed by atoms with Gasteiger partial charge >= 0.3 is 5.97 Å². The molecule has 2 aromatic carbocycles. The van der Waals surface area contributed by atoms with Crippen LogP contribution in [-0.4, -0.2) is 46.6 Å². The largest absolute Gasteiger partial charge is 0.458 e. The molecule has 0 spiro atoms. The number of nitrogens with zero attached hydrogens (tertiary/aromatic N) is 2. The van der Waals surface area contributed by atoms with E-state index in [1.807, 2.05) is 24.3 Å². The van der Waals surface area contributed by atoms with Crippen LogP contribution in [0.15, 0.2) is 42.5 Å². The number of ether oxygens (including phenoxy) is 1. The maximum atomic E-state index is 14.0. The van der Waals surface area contributed by atoms with Gasteiger partial charge < -0.3 is 14.6 Å². The van der Waals surface area contributed by atoms with Gasteiger partial charge in [-0.2, -0.15) is 0 Å². The van der Waals surface area contributed by atoms with Crippen molar-refractivity contribution in [1.29, 1.82) is 0 Å². The zero-order valence-electron chi connectivity index (χ0n) is 22.4. The van der Waals surface area contributed by atoms with Crippen LogP contribution in [0, 0.1) is 17.7 Å². The Morgan fingerprint density at radius 2 is 2.03 bits per heavy atom. The highest BCUT2D eigenvalue weighted by Crippen LogP contribution is 2.49. The molecule has 0 radical (unpaired) electrons. The normalized spacial score (nSPS) is 21.8. The number of halogens is 1. The number of aryl methyl sites for hydroxylation is 2. The Balaban J connectivity index is 1.27. The molecule has 2 aliphatic rings. The minimum absolute atomic E-state index is 0.0324. The molecule has 1 fully saturated rings. The van der Waals surface area contributed by atoms with Crippen molar-refractivity contribution in [2.75, 3.05) is 20.1 Å². The van der Waals surface area contributed by atoms with Gasteiger partial charge in [0.05, 0.1) is 17.0 Å². The molecular formula is C31H40FN3O2. The van der Waals surface area contributed by atoms with Crippen LogP contribution in [0.2, 0.25) is 0 Å². The van der Waals surface area contributed by atoms with Crippen LogP contribution < -0.4 is 0 Å². The van der Waals surface area contributed by atoms with Crippen LogP contribution in [0.25, 0.3) is 11.0 Å². The Labute approximate surface area is 219 Å². The van der Waals surface area contributed by atoms with Gasteiger partial charge in [0.25, 0.3) is 0 Å². The number of carbonyl (C=O) groups is 1. The number of H-pyrrole nitrogens is 1. The lowest BCUT2D eigenvalue weighted by Gasteiger charge is -2.48. The fourth-order valence-electron chi connectivity index (χ4n) is 6.35. The molecule has 1 N–H and O–H groups in total. The predicted molar refractivity (Wildman–Crippen MR) is 145 cm³/mol. The van der Waals surface area contributed by atoms with Gasteiger partial charge in [0.15, 0.2) is 0 Å².